The maximum atomic E-state index is 13.4. The largest absolute Gasteiger partial charge is 0.468 e. The lowest BCUT2D eigenvalue weighted by Gasteiger charge is -2.41. The van der Waals surface area contributed by atoms with Crippen molar-refractivity contribution in [3.63, 3.8) is 0 Å². The summed E-state index contributed by atoms with van der Waals surface area (Å²) in [6.45, 7) is 14.5. The van der Waals surface area contributed by atoms with Gasteiger partial charge in [-0.15, -0.1) is 6.42 Å². The second kappa shape index (κ2) is 14.8. The van der Waals surface area contributed by atoms with Gasteiger partial charge in [-0.2, -0.15) is 9.97 Å². The molecule has 4 fully saturated rings. The molecule has 0 aliphatic carbocycles. The van der Waals surface area contributed by atoms with E-state index in [1.807, 2.05) is 62.2 Å². The Kier molecular flexibility index (Phi) is 10.0. The summed E-state index contributed by atoms with van der Waals surface area (Å²) in [6, 6.07) is 12.3. The first-order chi connectivity index (χ1) is 26.5. The molecule has 2 aromatic heterocycles. The van der Waals surface area contributed by atoms with E-state index in [2.05, 4.69) is 35.6 Å². The summed E-state index contributed by atoms with van der Waals surface area (Å²) in [5.74, 6) is 5.61. The number of hydrogen-bond donors (Lipinski definition) is 0. The fourth-order valence-electron chi connectivity index (χ4n) is 9.65. The first-order valence-corrected chi connectivity index (χ1v) is 20.0. The molecule has 4 aromatic rings. The molecule has 1 amide bonds. The van der Waals surface area contributed by atoms with Gasteiger partial charge in [0.15, 0.2) is 12.6 Å². The number of pyridine rings is 1. The van der Waals surface area contributed by atoms with Crippen molar-refractivity contribution >= 4 is 33.7 Å². The molecule has 0 saturated carbocycles. The van der Waals surface area contributed by atoms with Gasteiger partial charge in [0.25, 0.3) is 0 Å². The minimum absolute atomic E-state index is 0.00650. The number of hydrogen-bond acceptors (Lipinski definition) is 10. The van der Waals surface area contributed by atoms with Crippen LogP contribution < -0.4 is 14.4 Å². The number of anilines is 1. The summed E-state index contributed by atoms with van der Waals surface area (Å²) in [5, 5.41) is 1.90. The molecule has 2 bridgehead atoms. The molecule has 6 heterocycles. The van der Waals surface area contributed by atoms with Crippen molar-refractivity contribution in [1.29, 1.82) is 0 Å². The van der Waals surface area contributed by atoms with Crippen molar-refractivity contribution < 1.29 is 23.7 Å². The van der Waals surface area contributed by atoms with E-state index in [9.17, 15) is 4.79 Å². The maximum Gasteiger partial charge on any atom is 0.410 e. The zero-order valence-corrected chi connectivity index (χ0v) is 33.1. The fraction of sp³-hybridized carbons (Fsp3) is 0.545. The van der Waals surface area contributed by atoms with Crippen LogP contribution in [0.1, 0.15) is 78.7 Å². The number of terminal acetylenes is 1. The molecule has 290 valence electrons. The lowest BCUT2D eigenvalue weighted by Crippen LogP contribution is -2.57. The van der Waals surface area contributed by atoms with Crippen LogP contribution in [-0.4, -0.2) is 101 Å². The van der Waals surface area contributed by atoms with E-state index < -0.39 is 5.60 Å². The Hall–Kier alpha value is -4.66. The SMILES string of the molecule is C#Cc1cccc2cc(OCOC)cc(-c3cnc4c(N5CC6CCC(C5)N6C(=O)OC(C)(C)C)nc(OCC56CC(CC)CN5CC(CC)C6)nc4c3)c12. The molecule has 4 atom stereocenters. The number of benzene rings is 2. The van der Waals surface area contributed by atoms with Crippen molar-refractivity contribution in [2.75, 3.05) is 51.6 Å². The summed E-state index contributed by atoms with van der Waals surface area (Å²) < 4.78 is 23.8. The number of rotatable bonds is 10. The normalized spacial score (nSPS) is 25.0. The number of amides is 1. The van der Waals surface area contributed by atoms with Crippen molar-refractivity contribution in [2.45, 2.75) is 96.4 Å². The first-order valence-electron chi connectivity index (χ1n) is 20.0. The molecule has 4 aliphatic rings. The fourth-order valence-corrected chi connectivity index (χ4v) is 9.65. The molecule has 55 heavy (non-hydrogen) atoms. The highest BCUT2D eigenvalue weighted by Crippen LogP contribution is 2.46. The lowest BCUT2D eigenvalue weighted by molar-refractivity contribution is 0.0122. The van der Waals surface area contributed by atoms with Crippen LogP contribution in [0.2, 0.25) is 0 Å². The third kappa shape index (κ3) is 7.15. The second-order valence-electron chi connectivity index (χ2n) is 17.0. The number of aromatic nitrogens is 3. The smallest absolute Gasteiger partial charge is 0.410 e. The van der Waals surface area contributed by atoms with Gasteiger partial charge in [-0.05, 0) is 93.5 Å². The Morgan fingerprint density at radius 3 is 2.36 bits per heavy atom. The van der Waals surface area contributed by atoms with Crippen LogP contribution in [0.3, 0.4) is 0 Å². The molecule has 4 unspecified atom stereocenters. The average Bonchev–Trinajstić information content (AvgIpc) is 3.79. The van der Waals surface area contributed by atoms with E-state index in [1.54, 1.807) is 7.11 Å². The Morgan fingerprint density at radius 2 is 1.71 bits per heavy atom. The van der Waals surface area contributed by atoms with Gasteiger partial charge in [0.1, 0.15) is 23.5 Å². The zero-order chi connectivity index (χ0) is 38.5. The molecule has 0 N–H and O–H groups in total. The molecule has 4 aliphatic heterocycles. The van der Waals surface area contributed by atoms with E-state index >= 15 is 0 Å². The first kappa shape index (κ1) is 37.3. The highest BCUT2D eigenvalue weighted by atomic mass is 16.7. The van der Waals surface area contributed by atoms with E-state index in [-0.39, 0.29) is 30.5 Å². The minimum atomic E-state index is -0.561. The average molecular weight is 747 g/mol. The van der Waals surface area contributed by atoms with E-state index in [0.29, 0.717) is 54.3 Å². The van der Waals surface area contributed by atoms with E-state index in [0.717, 1.165) is 72.1 Å². The molecular formula is C44H54N6O5. The third-order valence-corrected chi connectivity index (χ3v) is 12.2. The van der Waals surface area contributed by atoms with Gasteiger partial charge >= 0.3 is 12.1 Å². The van der Waals surface area contributed by atoms with Gasteiger partial charge in [-0.3, -0.25) is 14.8 Å². The van der Waals surface area contributed by atoms with Crippen LogP contribution in [0, 0.1) is 24.2 Å². The molecular weight excluding hydrogens is 693 g/mol. The molecule has 11 nitrogen and oxygen atoms in total. The van der Waals surface area contributed by atoms with E-state index in [1.165, 1.54) is 12.8 Å². The Morgan fingerprint density at radius 1 is 0.982 bits per heavy atom. The van der Waals surface area contributed by atoms with Gasteiger partial charge in [-0.1, -0.05) is 44.7 Å². The molecule has 11 heteroatoms. The van der Waals surface area contributed by atoms with Crippen LogP contribution in [0.4, 0.5) is 10.6 Å². The van der Waals surface area contributed by atoms with Gasteiger partial charge in [0.2, 0.25) is 0 Å². The van der Waals surface area contributed by atoms with Gasteiger partial charge < -0.3 is 23.8 Å². The summed E-state index contributed by atoms with van der Waals surface area (Å²) in [5.41, 5.74) is 3.32. The summed E-state index contributed by atoms with van der Waals surface area (Å²) in [6.07, 6.45) is 14.1. The molecule has 0 radical (unpaired) electrons. The monoisotopic (exact) mass is 746 g/mol. The Balaban J connectivity index is 1.20. The quantitative estimate of drug-likeness (QED) is 0.119. The lowest BCUT2D eigenvalue weighted by atomic mass is 9.86. The van der Waals surface area contributed by atoms with Gasteiger partial charge in [-0.25, -0.2) is 4.79 Å². The van der Waals surface area contributed by atoms with Crippen LogP contribution in [0.15, 0.2) is 42.6 Å². The molecule has 2 aromatic carbocycles. The van der Waals surface area contributed by atoms with Gasteiger partial charge in [0.05, 0.1) is 23.1 Å². The molecule has 0 spiro atoms. The zero-order valence-electron chi connectivity index (χ0n) is 33.1. The number of ether oxygens (including phenoxy) is 4. The highest BCUT2D eigenvalue weighted by Gasteiger charge is 2.51. The van der Waals surface area contributed by atoms with Gasteiger partial charge in [0, 0.05) is 56.0 Å². The van der Waals surface area contributed by atoms with Crippen LogP contribution in [0.5, 0.6) is 11.8 Å². The molecule has 4 saturated heterocycles. The number of carbonyl (C=O) groups is 1. The van der Waals surface area contributed by atoms with Crippen molar-refractivity contribution in [3.8, 4) is 35.2 Å². The second-order valence-corrected chi connectivity index (χ2v) is 17.0. The number of piperazine rings is 1. The Bertz CT molecular complexity index is 2100. The predicted octanol–water partition coefficient (Wildman–Crippen LogP) is 7.68. The summed E-state index contributed by atoms with van der Waals surface area (Å²) in [4.78, 5) is 35.6. The summed E-state index contributed by atoms with van der Waals surface area (Å²) in [7, 11) is 1.60. The predicted molar refractivity (Wildman–Crippen MR) is 214 cm³/mol. The van der Waals surface area contributed by atoms with Crippen molar-refractivity contribution in [3.05, 3.63) is 48.2 Å². The van der Waals surface area contributed by atoms with Crippen molar-refractivity contribution in [2.24, 2.45) is 11.8 Å². The summed E-state index contributed by atoms with van der Waals surface area (Å²) >= 11 is 0. The highest BCUT2D eigenvalue weighted by molar-refractivity contribution is 6.03. The topological polar surface area (TPSA) is 102 Å². The molecule has 8 rings (SSSR count). The standard InChI is InChI=1S/C44H54N6O5/c1-8-28-19-44(20-29(9-2)23-49(44)22-28)26-53-41-46-37-17-32(36-18-35(54-27-52-7)16-31-13-11-12-30(10-3)38(31)36)21-45-39(37)40(47-41)48-24-33-14-15-34(25-48)50(33)42(51)55-43(4,5)6/h3,11-13,16-18,21,28-29,33-34H,8-9,14-15,19-20,22-27H2,1-2,4-7H3. The maximum absolute atomic E-state index is 13.4. The van der Waals surface area contributed by atoms with Crippen LogP contribution in [-0.2, 0) is 9.47 Å². The van der Waals surface area contributed by atoms with Crippen LogP contribution >= 0.6 is 0 Å². The number of fused-ring (bicyclic) bond motifs is 5. The van der Waals surface area contributed by atoms with Crippen molar-refractivity contribution in [1.82, 2.24) is 24.8 Å². The Labute approximate surface area is 324 Å². The van der Waals surface area contributed by atoms with Crippen LogP contribution in [0.25, 0.3) is 32.9 Å². The minimum Gasteiger partial charge on any atom is -0.468 e. The number of carbonyl (C=O) groups excluding carboxylic acids is 1. The third-order valence-electron chi connectivity index (χ3n) is 12.2. The number of nitrogens with zero attached hydrogens (tertiary/aromatic N) is 6. The van der Waals surface area contributed by atoms with E-state index in [4.69, 9.17) is 40.3 Å². The number of methoxy groups -OCH3 is 1.